The first-order valence-electron chi connectivity index (χ1n) is 4.37. The number of nitrogens with two attached hydrogens (primary N) is 1. The van der Waals surface area contributed by atoms with Gasteiger partial charge in [-0.05, 0) is 19.3 Å². The van der Waals surface area contributed by atoms with Gasteiger partial charge in [0.15, 0.2) is 0 Å². The van der Waals surface area contributed by atoms with Crippen molar-refractivity contribution in [2.24, 2.45) is 11.7 Å². The second-order valence-corrected chi connectivity index (χ2v) is 5.99. The monoisotopic (exact) mass is 208 g/mol. The summed E-state index contributed by atoms with van der Waals surface area (Å²) in [6, 6.07) is 0. The Hall–Kier alpha value is -0.130. The average molecular weight is 208 g/mol. The summed E-state index contributed by atoms with van der Waals surface area (Å²) >= 11 is 0. The first-order valence-corrected chi connectivity index (χ1v) is 6.27. The topological polar surface area (TPSA) is 72.2 Å². The minimum Gasteiger partial charge on any atom is -0.329 e. The molecular weight excluding hydrogens is 188 g/mol. The van der Waals surface area contributed by atoms with Gasteiger partial charge in [-0.15, -0.1) is 0 Å². The Kier molecular flexibility index (Phi) is 4.35. The summed E-state index contributed by atoms with van der Waals surface area (Å²) in [5.41, 5.74) is 5.02. The summed E-state index contributed by atoms with van der Waals surface area (Å²) in [6.07, 6.45) is 1.90. The minimum atomic E-state index is -3.17. The SMILES string of the molecule is CC(C)CC(C)(CN)NS(C)(=O)=O. The second-order valence-electron chi connectivity index (χ2n) is 4.24. The predicted molar refractivity (Wildman–Crippen MR) is 54.9 cm³/mol. The summed E-state index contributed by atoms with van der Waals surface area (Å²) in [6.45, 7) is 6.22. The van der Waals surface area contributed by atoms with Gasteiger partial charge >= 0.3 is 0 Å². The molecular formula is C8H20N2O2S. The van der Waals surface area contributed by atoms with Crippen molar-refractivity contribution in [2.45, 2.75) is 32.7 Å². The fourth-order valence-electron chi connectivity index (χ4n) is 1.52. The lowest BCUT2D eigenvalue weighted by atomic mass is 9.92. The lowest BCUT2D eigenvalue weighted by molar-refractivity contribution is 0.345. The Morgan fingerprint density at radius 1 is 1.46 bits per heavy atom. The number of hydrogen-bond acceptors (Lipinski definition) is 3. The zero-order valence-electron chi connectivity index (χ0n) is 8.79. The molecule has 0 aliphatic carbocycles. The molecule has 0 rings (SSSR count). The van der Waals surface area contributed by atoms with Crippen LogP contribution in [-0.4, -0.2) is 26.8 Å². The Balaban J connectivity index is 4.46. The fourth-order valence-corrected chi connectivity index (χ4v) is 2.58. The molecule has 3 N–H and O–H groups in total. The summed E-state index contributed by atoms with van der Waals surface area (Å²) in [5, 5.41) is 0. The number of hydrogen-bond donors (Lipinski definition) is 2. The first-order chi connectivity index (χ1) is 5.68. The van der Waals surface area contributed by atoms with Gasteiger partial charge in [-0.2, -0.15) is 0 Å². The van der Waals surface area contributed by atoms with E-state index in [0.29, 0.717) is 12.5 Å². The standard InChI is InChI=1S/C8H20N2O2S/c1-7(2)5-8(3,6-9)10-13(4,11)12/h7,10H,5-6,9H2,1-4H3. The zero-order chi connectivity index (χ0) is 10.7. The van der Waals surface area contributed by atoms with Crippen LogP contribution in [0.1, 0.15) is 27.2 Å². The lowest BCUT2D eigenvalue weighted by Gasteiger charge is -2.29. The molecule has 0 heterocycles. The number of nitrogens with one attached hydrogen (secondary N) is 1. The van der Waals surface area contributed by atoms with E-state index in [0.717, 1.165) is 12.7 Å². The van der Waals surface area contributed by atoms with E-state index in [-0.39, 0.29) is 0 Å². The molecule has 80 valence electrons. The third kappa shape index (κ3) is 6.01. The van der Waals surface area contributed by atoms with E-state index in [1.54, 1.807) is 0 Å². The highest BCUT2D eigenvalue weighted by Crippen LogP contribution is 2.15. The van der Waals surface area contributed by atoms with E-state index in [1.807, 2.05) is 20.8 Å². The van der Waals surface area contributed by atoms with Gasteiger partial charge in [0.05, 0.1) is 6.26 Å². The van der Waals surface area contributed by atoms with E-state index in [2.05, 4.69) is 4.72 Å². The van der Waals surface area contributed by atoms with Gasteiger partial charge in [0.25, 0.3) is 0 Å². The average Bonchev–Trinajstić information content (AvgIpc) is 1.81. The summed E-state index contributed by atoms with van der Waals surface area (Å²) < 4.78 is 24.6. The van der Waals surface area contributed by atoms with Crippen LogP contribution in [0.5, 0.6) is 0 Å². The molecule has 0 aliphatic heterocycles. The van der Waals surface area contributed by atoms with E-state index < -0.39 is 15.6 Å². The van der Waals surface area contributed by atoms with Crippen molar-refractivity contribution < 1.29 is 8.42 Å². The largest absolute Gasteiger partial charge is 0.329 e. The maximum atomic E-state index is 11.0. The molecule has 0 aromatic carbocycles. The van der Waals surface area contributed by atoms with Crippen molar-refractivity contribution >= 4 is 10.0 Å². The second kappa shape index (κ2) is 4.39. The van der Waals surface area contributed by atoms with Gasteiger partial charge < -0.3 is 5.73 Å². The van der Waals surface area contributed by atoms with Gasteiger partial charge in [0.2, 0.25) is 10.0 Å². The number of sulfonamides is 1. The third-order valence-electron chi connectivity index (χ3n) is 1.74. The van der Waals surface area contributed by atoms with Crippen molar-refractivity contribution in [2.75, 3.05) is 12.8 Å². The van der Waals surface area contributed by atoms with Crippen molar-refractivity contribution in [3.8, 4) is 0 Å². The van der Waals surface area contributed by atoms with Gasteiger partial charge in [-0.1, -0.05) is 13.8 Å². The van der Waals surface area contributed by atoms with Crippen LogP contribution in [0.2, 0.25) is 0 Å². The van der Waals surface area contributed by atoms with Crippen LogP contribution in [-0.2, 0) is 10.0 Å². The molecule has 0 aromatic rings. The quantitative estimate of drug-likeness (QED) is 0.682. The predicted octanol–water partition coefficient (Wildman–Crippen LogP) is 0.299. The molecule has 0 fully saturated rings. The van der Waals surface area contributed by atoms with Crippen LogP contribution in [0.15, 0.2) is 0 Å². The maximum Gasteiger partial charge on any atom is 0.209 e. The van der Waals surface area contributed by atoms with Gasteiger partial charge in [-0.3, -0.25) is 0 Å². The molecule has 0 aromatic heterocycles. The van der Waals surface area contributed by atoms with Crippen molar-refractivity contribution in [3.05, 3.63) is 0 Å². The van der Waals surface area contributed by atoms with Gasteiger partial charge in [-0.25, -0.2) is 13.1 Å². The molecule has 0 aliphatic rings. The van der Waals surface area contributed by atoms with Gasteiger partial charge in [0.1, 0.15) is 0 Å². The molecule has 0 spiro atoms. The van der Waals surface area contributed by atoms with Crippen LogP contribution in [0.25, 0.3) is 0 Å². The van der Waals surface area contributed by atoms with Crippen molar-refractivity contribution in [1.82, 2.24) is 4.72 Å². The lowest BCUT2D eigenvalue weighted by Crippen LogP contribution is -2.51. The van der Waals surface area contributed by atoms with E-state index >= 15 is 0 Å². The van der Waals surface area contributed by atoms with Crippen LogP contribution in [0.3, 0.4) is 0 Å². The normalized spacial score (nSPS) is 17.4. The highest BCUT2D eigenvalue weighted by atomic mass is 32.2. The molecule has 0 bridgehead atoms. The highest BCUT2D eigenvalue weighted by molar-refractivity contribution is 7.88. The Bertz CT molecular complexity index is 249. The molecule has 0 saturated carbocycles. The molecule has 1 atom stereocenters. The summed E-state index contributed by atoms with van der Waals surface area (Å²) in [5.74, 6) is 0.419. The molecule has 13 heavy (non-hydrogen) atoms. The smallest absolute Gasteiger partial charge is 0.209 e. The Labute approximate surface area is 80.9 Å². The van der Waals surface area contributed by atoms with Crippen molar-refractivity contribution in [1.29, 1.82) is 0 Å². The zero-order valence-corrected chi connectivity index (χ0v) is 9.61. The Morgan fingerprint density at radius 2 is 1.92 bits per heavy atom. The molecule has 1 unspecified atom stereocenters. The van der Waals surface area contributed by atoms with Crippen LogP contribution in [0.4, 0.5) is 0 Å². The molecule has 0 saturated heterocycles. The van der Waals surface area contributed by atoms with Crippen molar-refractivity contribution in [3.63, 3.8) is 0 Å². The maximum absolute atomic E-state index is 11.0. The fraction of sp³-hybridized carbons (Fsp3) is 1.00. The Morgan fingerprint density at radius 3 is 2.15 bits per heavy atom. The van der Waals surface area contributed by atoms with Gasteiger partial charge in [0, 0.05) is 12.1 Å². The molecule has 0 amide bonds. The molecule has 5 heteroatoms. The van der Waals surface area contributed by atoms with Crippen LogP contribution in [0, 0.1) is 5.92 Å². The number of rotatable bonds is 5. The molecule has 4 nitrogen and oxygen atoms in total. The minimum absolute atomic E-state index is 0.318. The highest BCUT2D eigenvalue weighted by Gasteiger charge is 2.26. The van der Waals surface area contributed by atoms with E-state index in [9.17, 15) is 8.42 Å². The van der Waals surface area contributed by atoms with E-state index in [4.69, 9.17) is 5.73 Å². The summed E-state index contributed by atoms with van der Waals surface area (Å²) in [7, 11) is -3.17. The third-order valence-corrected chi connectivity index (χ3v) is 2.60. The molecule has 0 radical (unpaired) electrons. The van der Waals surface area contributed by atoms with E-state index in [1.165, 1.54) is 0 Å². The van der Waals surface area contributed by atoms with Crippen LogP contribution < -0.4 is 10.5 Å². The summed E-state index contributed by atoms with van der Waals surface area (Å²) in [4.78, 5) is 0. The van der Waals surface area contributed by atoms with Crippen LogP contribution >= 0.6 is 0 Å². The first kappa shape index (κ1) is 12.9.